The van der Waals surface area contributed by atoms with Crippen molar-refractivity contribution in [2.24, 2.45) is 0 Å². The Labute approximate surface area is 184 Å². The number of likely N-dealkylation sites (tertiary alicyclic amines) is 1. The molecule has 3 aromatic rings. The molecule has 1 amide bonds. The zero-order valence-corrected chi connectivity index (χ0v) is 17.7. The van der Waals surface area contributed by atoms with Gasteiger partial charge in [-0.1, -0.05) is 0 Å². The molecular formula is C23H23FN4O4. The Balaban J connectivity index is 1.35. The third-order valence-electron chi connectivity index (χ3n) is 5.00. The molecule has 1 saturated heterocycles. The summed E-state index contributed by atoms with van der Waals surface area (Å²) < 4.78 is 24.8. The number of nitrogens with one attached hydrogen (secondary N) is 1. The second-order valence-corrected chi connectivity index (χ2v) is 7.45. The van der Waals surface area contributed by atoms with E-state index in [1.54, 1.807) is 6.20 Å². The van der Waals surface area contributed by atoms with Gasteiger partial charge < -0.3 is 9.47 Å². The van der Waals surface area contributed by atoms with Crippen molar-refractivity contribution in [3.05, 3.63) is 71.9 Å². The molecule has 1 aromatic heterocycles. The first-order chi connectivity index (χ1) is 15.5. The third kappa shape index (κ3) is 5.19. The highest BCUT2D eigenvalue weighted by atomic mass is 19.1. The Morgan fingerprint density at radius 3 is 2.62 bits per heavy atom. The van der Waals surface area contributed by atoms with E-state index in [0.29, 0.717) is 11.4 Å². The van der Waals surface area contributed by atoms with Gasteiger partial charge in [-0.2, -0.15) is 0 Å². The van der Waals surface area contributed by atoms with Crippen molar-refractivity contribution in [2.45, 2.75) is 12.7 Å². The standard InChI is InChI=1S/C23H23FN4O4/c1-28-12-19(13-28)32-17-5-3-15(4-6-17)21-10-25-11-22(26-21)23(29)27-31-14-16-9-18(30-2)7-8-20(16)24/h3-11,19H,12-14H2,1-2H3,(H,27,29). The fraction of sp³-hybridized carbons (Fsp3) is 0.261. The molecule has 0 spiro atoms. The predicted molar refractivity (Wildman–Crippen MR) is 115 cm³/mol. The summed E-state index contributed by atoms with van der Waals surface area (Å²) >= 11 is 0. The summed E-state index contributed by atoms with van der Waals surface area (Å²) in [5.74, 6) is 0.230. The van der Waals surface area contributed by atoms with Crippen molar-refractivity contribution in [1.29, 1.82) is 0 Å². The SMILES string of the molecule is COc1ccc(F)c(CONC(=O)c2cncc(-c3ccc(OC4CN(C)C4)cc3)n2)c1. The van der Waals surface area contributed by atoms with E-state index in [4.69, 9.17) is 14.3 Å². The van der Waals surface area contributed by atoms with Crippen LogP contribution in [-0.2, 0) is 11.4 Å². The quantitative estimate of drug-likeness (QED) is 0.541. The number of hydrogen-bond acceptors (Lipinski definition) is 7. The maximum absolute atomic E-state index is 13.9. The maximum atomic E-state index is 13.9. The molecule has 2 aromatic carbocycles. The Kier molecular flexibility index (Phi) is 6.58. The van der Waals surface area contributed by atoms with E-state index in [1.165, 1.54) is 31.5 Å². The number of hydroxylamine groups is 1. The Hall–Kier alpha value is -3.56. The van der Waals surface area contributed by atoms with Crippen LogP contribution in [0.5, 0.6) is 11.5 Å². The molecule has 166 valence electrons. The molecule has 8 nitrogen and oxygen atoms in total. The summed E-state index contributed by atoms with van der Waals surface area (Å²) in [6.07, 6.45) is 3.11. The molecule has 1 fully saturated rings. The summed E-state index contributed by atoms with van der Waals surface area (Å²) in [7, 11) is 3.53. The normalized spacial score (nSPS) is 14.0. The van der Waals surface area contributed by atoms with Gasteiger partial charge >= 0.3 is 0 Å². The second kappa shape index (κ2) is 9.71. The van der Waals surface area contributed by atoms with Crippen LogP contribution in [-0.4, -0.2) is 54.1 Å². The molecule has 0 bridgehead atoms. The van der Waals surface area contributed by atoms with Gasteiger partial charge in [0.05, 0.1) is 25.2 Å². The van der Waals surface area contributed by atoms with Crippen molar-refractivity contribution in [1.82, 2.24) is 20.3 Å². The lowest BCUT2D eigenvalue weighted by Gasteiger charge is -2.36. The summed E-state index contributed by atoms with van der Waals surface area (Å²) in [6, 6.07) is 11.7. The van der Waals surface area contributed by atoms with Crippen molar-refractivity contribution in [3.8, 4) is 22.8 Å². The number of carbonyl (C=O) groups is 1. The zero-order valence-electron chi connectivity index (χ0n) is 17.7. The van der Waals surface area contributed by atoms with Crippen molar-refractivity contribution >= 4 is 5.91 Å². The van der Waals surface area contributed by atoms with Crippen LogP contribution in [0.25, 0.3) is 11.3 Å². The zero-order chi connectivity index (χ0) is 22.5. The van der Waals surface area contributed by atoms with Crippen LogP contribution >= 0.6 is 0 Å². The topological polar surface area (TPSA) is 85.8 Å². The molecule has 0 atom stereocenters. The number of nitrogens with zero attached hydrogens (tertiary/aromatic N) is 3. The maximum Gasteiger partial charge on any atom is 0.295 e. The molecule has 4 rings (SSSR count). The lowest BCUT2D eigenvalue weighted by Crippen LogP contribution is -2.51. The summed E-state index contributed by atoms with van der Waals surface area (Å²) in [5, 5.41) is 0. The number of aromatic nitrogens is 2. The van der Waals surface area contributed by atoms with E-state index in [2.05, 4.69) is 20.3 Å². The second-order valence-electron chi connectivity index (χ2n) is 7.45. The smallest absolute Gasteiger partial charge is 0.295 e. The molecule has 0 radical (unpaired) electrons. The van der Waals surface area contributed by atoms with Gasteiger partial charge in [-0.3, -0.25) is 19.5 Å². The molecule has 0 saturated carbocycles. The van der Waals surface area contributed by atoms with Gasteiger partial charge in [-0.15, -0.1) is 0 Å². The number of rotatable bonds is 8. The number of likely N-dealkylation sites (N-methyl/N-ethyl adjacent to an activating group) is 1. The minimum Gasteiger partial charge on any atom is -0.497 e. The van der Waals surface area contributed by atoms with Crippen LogP contribution in [0.2, 0.25) is 0 Å². The van der Waals surface area contributed by atoms with Crippen molar-refractivity contribution in [3.63, 3.8) is 0 Å². The molecule has 1 aliphatic rings. The van der Waals surface area contributed by atoms with Crippen LogP contribution in [0.4, 0.5) is 4.39 Å². The summed E-state index contributed by atoms with van der Waals surface area (Å²) in [4.78, 5) is 28.2. The molecule has 32 heavy (non-hydrogen) atoms. The average Bonchev–Trinajstić information content (AvgIpc) is 2.80. The molecular weight excluding hydrogens is 415 g/mol. The largest absolute Gasteiger partial charge is 0.497 e. The van der Waals surface area contributed by atoms with Crippen LogP contribution in [0.15, 0.2) is 54.9 Å². The number of amides is 1. The number of carbonyl (C=O) groups excluding carboxylic acids is 1. The van der Waals surface area contributed by atoms with Crippen LogP contribution in [0.3, 0.4) is 0 Å². The van der Waals surface area contributed by atoms with Gasteiger partial charge in [0.1, 0.15) is 35.7 Å². The van der Waals surface area contributed by atoms with Crippen LogP contribution in [0.1, 0.15) is 16.1 Å². The number of ether oxygens (including phenoxy) is 2. The summed E-state index contributed by atoms with van der Waals surface area (Å²) in [5.41, 5.74) is 3.92. The lowest BCUT2D eigenvalue weighted by atomic mass is 10.1. The Morgan fingerprint density at radius 2 is 1.91 bits per heavy atom. The minimum atomic E-state index is -0.586. The van der Waals surface area contributed by atoms with Crippen molar-refractivity contribution < 1.29 is 23.5 Å². The Morgan fingerprint density at radius 1 is 1.16 bits per heavy atom. The summed E-state index contributed by atoms with van der Waals surface area (Å²) in [6.45, 7) is 1.66. The van der Waals surface area contributed by atoms with Gasteiger partial charge in [-0.05, 0) is 49.5 Å². The molecule has 1 N–H and O–H groups in total. The first-order valence-corrected chi connectivity index (χ1v) is 10.0. The molecule has 2 heterocycles. The van der Waals surface area contributed by atoms with E-state index in [-0.39, 0.29) is 24.0 Å². The van der Waals surface area contributed by atoms with Crippen LogP contribution < -0.4 is 15.0 Å². The number of hydrogen-bond donors (Lipinski definition) is 1. The first-order valence-electron chi connectivity index (χ1n) is 10.0. The van der Waals surface area contributed by atoms with Gasteiger partial charge in [0.2, 0.25) is 0 Å². The van der Waals surface area contributed by atoms with E-state index in [0.717, 1.165) is 24.4 Å². The Bertz CT molecular complexity index is 1090. The first kappa shape index (κ1) is 21.7. The fourth-order valence-electron chi connectivity index (χ4n) is 3.25. The van der Waals surface area contributed by atoms with Gasteiger partial charge in [0, 0.05) is 24.2 Å². The molecule has 9 heteroatoms. The molecule has 1 aliphatic heterocycles. The van der Waals surface area contributed by atoms with E-state index < -0.39 is 11.7 Å². The monoisotopic (exact) mass is 438 g/mol. The fourth-order valence-corrected chi connectivity index (χ4v) is 3.25. The third-order valence-corrected chi connectivity index (χ3v) is 5.00. The minimum absolute atomic E-state index is 0.0754. The highest BCUT2D eigenvalue weighted by Crippen LogP contribution is 2.23. The highest BCUT2D eigenvalue weighted by Gasteiger charge is 2.24. The number of methoxy groups -OCH3 is 1. The van der Waals surface area contributed by atoms with E-state index in [1.807, 2.05) is 31.3 Å². The average molecular weight is 438 g/mol. The lowest BCUT2D eigenvalue weighted by molar-refractivity contribution is 0.0219. The molecule has 0 unspecified atom stereocenters. The number of halogens is 1. The highest BCUT2D eigenvalue weighted by molar-refractivity contribution is 5.91. The van der Waals surface area contributed by atoms with Gasteiger partial charge in [0.15, 0.2) is 0 Å². The molecule has 0 aliphatic carbocycles. The van der Waals surface area contributed by atoms with Crippen LogP contribution in [0, 0.1) is 5.82 Å². The van der Waals surface area contributed by atoms with Crippen molar-refractivity contribution in [2.75, 3.05) is 27.2 Å². The van der Waals surface area contributed by atoms with Gasteiger partial charge in [-0.25, -0.2) is 14.9 Å². The number of benzene rings is 2. The predicted octanol–water partition coefficient (Wildman–Crippen LogP) is 2.85. The van der Waals surface area contributed by atoms with E-state index in [9.17, 15) is 9.18 Å². The van der Waals surface area contributed by atoms with E-state index >= 15 is 0 Å². The van der Waals surface area contributed by atoms with Gasteiger partial charge in [0.25, 0.3) is 5.91 Å².